The van der Waals surface area contributed by atoms with Crippen molar-refractivity contribution in [3.8, 4) is 0 Å². The molecule has 0 fully saturated rings. The van der Waals surface area contributed by atoms with E-state index in [0.717, 1.165) is 27.5 Å². The van der Waals surface area contributed by atoms with Gasteiger partial charge in [-0.3, -0.25) is 0 Å². The molecule has 0 radical (unpaired) electrons. The van der Waals surface area contributed by atoms with Gasteiger partial charge in [-0.25, -0.2) is 8.78 Å². The van der Waals surface area contributed by atoms with E-state index in [4.69, 9.17) is 5.73 Å². The highest BCUT2D eigenvalue weighted by atomic mass is 79.9. The van der Waals surface area contributed by atoms with Crippen molar-refractivity contribution in [2.24, 2.45) is 5.73 Å². The minimum Gasteiger partial charge on any atom is -0.320 e. The lowest BCUT2D eigenvalue weighted by Crippen LogP contribution is -2.12. The Morgan fingerprint density at radius 3 is 2.39 bits per heavy atom. The van der Waals surface area contributed by atoms with Crippen LogP contribution >= 0.6 is 27.3 Å². The fourth-order valence-electron chi connectivity index (χ4n) is 1.68. The molecule has 0 aliphatic rings. The Balaban J connectivity index is 2.45. The quantitative estimate of drug-likeness (QED) is 0.808. The standard InChI is InChI=1S/C13H12BrF2NS/c1-6-3-12(18-7(6)2)13(17)8-4-11(16)9(14)5-10(8)15/h3-5,13H,17H2,1-2H3. The molecule has 0 amide bonds. The maximum Gasteiger partial charge on any atom is 0.137 e. The average molecular weight is 332 g/mol. The largest absolute Gasteiger partial charge is 0.320 e. The summed E-state index contributed by atoms with van der Waals surface area (Å²) in [6, 6.07) is 3.54. The molecule has 1 atom stereocenters. The van der Waals surface area contributed by atoms with Crippen molar-refractivity contribution >= 4 is 27.3 Å². The van der Waals surface area contributed by atoms with Crippen LogP contribution in [0.15, 0.2) is 22.7 Å². The van der Waals surface area contributed by atoms with Crippen molar-refractivity contribution in [3.63, 3.8) is 0 Å². The van der Waals surface area contributed by atoms with Crippen LogP contribution in [0.1, 0.15) is 26.9 Å². The lowest BCUT2D eigenvalue weighted by Gasteiger charge is -2.12. The van der Waals surface area contributed by atoms with E-state index in [9.17, 15) is 8.78 Å². The van der Waals surface area contributed by atoms with E-state index in [1.807, 2.05) is 19.9 Å². The van der Waals surface area contributed by atoms with Gasteiger partial charge < -0.3 is 5.73 Å². The maximum absolute atomic E-state index is 13.8. The Hall–Kier alpha value is -0.780. The van der Waals surface area contributed by atoms with Crippen molar-refractivity contribution in [2.75, 3.05) is 0 Å². The van der Waals surface area contributed by atoms with Crippen LogP contribution in [0.2, 0.25) is 0 Å². The highest BCUT2D eigenvalue weighted by molar-refractivity contribution is 9.10. The molecule has 1 heterocycles. The molecular weight excluding hydrogens is 320 g/mol. The van der Waals surface area contributed by atoms with Gasteiger partial charge in [-0.05, 0) is 53.5 Å². The van der Waals surface area contributed by atoms with Crippen molar-refractivity contribution in [1.29, 1.82) is 0 Å². The van der Waals surface area contributed by atoms with Crippen LogP contribution in [0, 0.1) is 25.5 Å². The third kappa shape index (κ3) is 2.48. The number of halogens is 3. The highest BCUT2D eigenvalue weighted by Crippen LogP contribution is 2.32. The predicted octanol–water partition coefficient (Wildman–Crippen LogP) is 4.45. The smallest absolute Gasteiger partial charge is 0.137 e. The van der Waals surface area contributed by atoms with Crippen LogP contribution in [0.5, 0.6) is 0 Å². The second-order valence-electron chi connectivity index (χ2n) is 4.15. The number of rotatable bonds is 2. The molecule has 0 saturated heterocycles. The summed E-state index contributed by atoms with van der Waals surface area (Å²) in [6.07, 6.45) is 0. The molecule has 1 aromatic carbocycles. The Bertz CT molecular complexity index is 575. The fraction of sp³-hybridized carbons (Fsp3) is 0.231. The van der Waals surface area contributed by atoms with Crippen LogP contribution in [-0.4, -0.2) is 0 Å². The van der Waals surface area contributed by atoms with E-state index in [-0.39, 0.29) is 10.0 Å². The first-order valence-electron chi connectivity index (χ1n) is 5.37. The molecule has 0 saturated carbocycles. The topological polar surface area (TPSA) is 26.0 Å². The van der Waals surface area contributed by atoms with Crippen LogP contribution in [0.4, 0.5) is 8.78 Å². The molecule has 18 heavy (non-hydrogen) atoms. The van der Waals surface area contributed by atoms with Crippen molar-refractivity contribution in [2.45, 2.75) is 19.9 Å². The molecule has 1 unspecified atom stereocenters. The third-order valence-corrected chi connectivity index (χ3v) is 4.71. The zero-order valence-corrected chi connectivity index (χ0v) is 12.3. The van der Waals surface area contributed by atoms with E-state index >= 15 is 0 Å². The molecule has 2 aromatic rings. The second-order valence-corrected chi connectivity index (χ2v) is 6.30. The zero-order chi connectivity index (χ0) is 13.4. The average Bonchev–Trinajstić information content (AvgIpc) is 2.63. The number of hydrogen-bond acceptors (Lipinski definition) is 2. The molecular formula is C13H12BrF2NS. The third-order valence-electron chi connectivity index (χ3n) is 2.87. The van der Waals surface area contributed by atoms with E-state index in [2.05, 4.69) is 15.9 Å². The van der Waals surface area contributed by atoms with Gasteiger partial charge in [-0.2, -0.15) is 0 Å². The SMILES string of the molecule is Cc1cc(C(N)c2cc(F)c(Br)cc2F)sc1C. The Labute approximate surface area is 117 Å². The van der Waals surface area contributed by atoms with Gasteiger partial charge in [0, 0.05) is 15.3 Å². The number of thiophene rings is 1. The summed E-state index contributed by atoms with van der Waals surface area (Å²) in [6.45, 7) is 3.95. The van der Waals surface area contributed by atoms with Crippen molar-refractivity contribution < 1.29 is 8.78 Å². The summed E-state index contributed by atoms with van der Waals surface area (Å²) in [5, 5.41) is 0. The molecule has 0 aliphatic carbocycles. The molecule has 96 valence electrons. The molecule has 2 N–H and O–H groups in total. The lowest BCUT2D eigenvalue weighted by atomic mass is 10.0. The summed E-state index contributed by atoms with van der Waals surface area (Å²) < 4.78 is 27.4. The molecule has 0 aliphatic heterocycles. The number of benzene rings is 1. The van der Waals surface area contributed by atoms with Gasteiger partial charge in [0.05, 0.1) is 10.5 Å². The van der Waals surface area contributed by atoms with Gasteiger partial charge in [0.2, 0.25) is 0 Å². The fourth-order valence-corrected chi connectivity index (χ4v) is 3.06. The van der Waals surface area contributed by atoms with E-state index in [0.29, 0.717) is 0 Å². The maximum atomic E-state index is 13.8. The Kier molecular flexibility index (Phi) is 3.84. The molecule has 1 aromatic heterocycles. The zero-order valence-electron chi connectivity index (χ0n) is 9.93. The summed E-state index contributed by atoms with van der Waals surface area (Å²) in [5.41, 5.74) is 7.30. The molecule has 1 nitrogen and oxygen atoms in total. The first-order chi connectivity index (χ1) is 8.40. The number of hydrogen-bond donors (Lipinski definition) is 1. The lowest BCUT2D eigenvalue weighted by molar-refractivity contribution is 0.573. The first kappa shape index (κ1) is 13.6. The van der Waals surface area contributed by atoms with Gasteiger partial charge in [-0.15, -0.1) is 11.3 Å². The Morgan fingerprint density at radius 1 is 1.17 bits per heavy atom. The predicted molar refractivity (Wildman–Crippen MR) is 73.9 cm³/mol. The summed E-state index contributed by atoms with van der Waals surface area (Å²) in [5.74, 6) is -1.01. The minimum atomic E-state index is -0.634. The van der Waals surface area contributed by atoms with Crippen LogP contribution in [0.25, 0.3) is 0 Å². The van der Waals surface area contributed by atoms with Crippen molar-refractivity contribution in [1.82, 2.24) is 0 Å². The monoisotopic (exact) mass is 331 g/mol. The highest BCUT2D eigenvalue weighted by Gasteiger charge is 2.18. The van der Waals surface area contributed by atoms with Crippen LogP contribution in [-0.2, 0) is 0 Å². The number of nitrogens with two attached hydrogens (primary N) is 1. The minimum absolute atomic E-state index is 0.106. The van der Waals surface area contributed by atoms with Gasteiger partial charge in [0.15, 0.2) is 0 Å². The van der Waals surface area contributed by atoms with E-state index < -0.39 is 17.7 Å². The van der Waals surface area contributed by atoms with Crippen LogP contribution in [0.3, 0.4) is 0 Å². The van der Waals surface area contributed by atoms with Gasteiger partial charge in [0.1, 0.15) is 11.6 Å². The normalized spacial score (nSPS) is 12.8. The molecule has 0 spiro atoms. The van der Waals surface area contributed by atoms with Gasteiger partial charge >= 0.3 is 0 Å². The van der Waals surface area contributed by atoms with Crippen molar-refractivity contribution in [3.05, 3.63) is 55.2 Å². The van der Waals surface area contributed by atoms with Gasteiger partial charge in [-0.1, -0.05) is 0 Å². The Morgan fingerprint density at radius 2 is 1.83 bits per heavy atom. The molecule has 5 heteroatoms. The number of aryl methyl sites for hydroxylation is 2. The first-order valence-corrected chi connectivity index (χ1v) is 6.98. The summed E-state index contributed by atoms with van der Waals surface area (Å²) in [4.78, 5) is 1.98. The van der Waals surface area contributed by atoms with E-state index in [1.165, 1.54) is 11.3 Å². The van der Waals surface area contributed by atoms with E-state index in [1.54, 1.807) is 0 Å². The molecule has 0 bridgehead atoms. The molecule has 2 rings (SSSR count). The van der Waals surface area contributed by atoms with Gasteiger partial charge in [0.25, 0.3) is 0 Å². The second kappa shape index (κ2) is 5.07. The summed E-state index contributed by atoms with van der Waals surface area (Å²) >= 11 is 4.46. The summed E-state index contributed by atoms with van der Waals surface area (Å²) in [7, 11) is 0. The van der Waals surface area contributed by atoms with Crippen LogP contribution < -0.4 is 5.73 Å².